The summed E-state index contributed by atoms with van der Waals surface area (Å²) in [6.45, 7) is 2.66. The van der Waals surface area contributed by atoms with E-state index in [1.165, 1.54) is 23.6 Å². The fraction of sp³-hybridized carbons (Fsp3) is 0.312. The second-order valence-corrected chi connectivity index (χ2v) is 5.21. The Morgan fingerprint density at radius 3 is 3.00 bits per heavy atom. The first-order valence-electron chi connectivity index (χ1n) is 6.81. The summed E-state index contributed by atoms with van der Waals surface area (Å²) in [5.41, 5.74) is 2.74. The number of carboxylic acids is 1. The summed E-state index contributed by atoms with van der Waals surface area (Å²) in [7, 11) is 0. The van der Waals surface area contributed by atoms with Gasteiger partial charge in [-0.3, -0.25) is 0 Å². The van der Waals surface area contributed by atoms with Crippen molar-refractivity contribution >= 4 is 11.7 Å². The third kappa shape index (κ3) is 2.18. The minimum atomic E-state index is -0.938. The highest BCUT2D eigenvalue weighted by Gasteiger charge is 2.25. The summed E-state index contributed by atoms with van der Waals surface area (Å²) < 4.78 is 5.37. The van der Waals surface area contributed by atoms with E-state index in [0.29, 0.717) is 18.3 Å². The Morgan fingerprint density at radius 1 is 1.40 bits per heavy atom. The number of carbonyl (C=O) groups is 1. The maximum atomic E-state index is 11.2. The maximum Gasteiger partial charge on any atom is 0.339 e. The zero-order valence-corrected chi connectivity index (χ0v) is 11.4. The number of fused-ring (bicyclic) bond motifs is 1. The molecular weight excluding hydrogens is 254 g/mol. The van der Waals surface area contributed by atoms with Crippen LogP contribution < -0.4 is 4.90 Å². The first-order valence-corrected chi connectivity index (χ1v) is 6.81. The summed E-state index contributed by atoms with van der Waals surface area (Å²) in [6.07, 6.45) is 3.58. The van der Waals surface area contributed by atoms with E-state index in [1.807, 2.05) is 12.1 Å². The molecule has 1 aromatic heterocycles. The largest absolute Gasteiger partial charge is 0.478 e. The molecule has 0 bridgehead atoms. The predicted octanol–water partition coefficient (Wildman–Crippen LogP) is 3.32. The smallest absolute Gasteiger partial charge is 0.339 e. The Bertz CT molecular complexity index is 632. The van der Waals surface area contributed by atoms with Gasteiger partial charge in [0.25, 0.3) is 0 Å². The Balaban J connectivity index is 1.94. The Morgan fingerprint density at radius 2 is 2.20 bits per heavy atom. The highest BCUT2D eigenvalue weighted by atomic mass is 16.4. The molecule has 0 aliphatic carbocycles. The predicted molar refractivity (Wildman–Crippen MR) is 76.1 cm³/mol. The number of aromatic carboxylic acids is 1. The van der Waals surface area contributed by atoms with E-state index in [0.717, 1.165) is 12.8 Å². The van der Waals surface area contributed by atoms with Gasteiger partial charge in [-0.25, -0.2) is 4.79 Å². The van der Waals surface area contributed by atoms with Crippen molar-refractivity contribution in [3.63, 3.8) is 0 Å². The van der Waals surface area contributed by atoms with Crippen LogP contribution in [0.25, 0.3) is 0 Å². The monoisotopic (exact) mass is 271 g/mol. The lowest BCUT2D eigenvalue weighted by Crippen LogP contribution is -2.36. The molecule has 0 radical (unpaired) electrons. The quantitative estimate of drug-likeness (QED) is 0.930. The van der Waals surface area contributed by atoms with Crippen LogP contribution in [0.4, 0.5) is 5.69 Å². The number of benzene rings is 1. The average molecular weight is 271 g/mol. The van der Waals surface area contributed by atoms with Gasteiger partial charge in [-0.15, -0.1) is 0 Å². The topological polar surface area (TPSA) is 53.7 Å². The van der Waals surface area contributed by atoms with Crippen LogP contribution in [-0.4, -0.2) is 17.1 Å². The van der Waals surface area contributed by atoms with Gasteiger partial charge in [-0.1, -0.05) is 18.2 Å². The normalized spacial score (nSPS) is 17.9. The first-order chi connectivity index (χ1) is 9.66. The van der Waals surface area contributed by atoms with E-state index in [2.05, 4.69) is 24.0 Å². The molecule has 20 heavy (non-hydrogen) atoms. The number of anilines is 1. The molecule has 0 amide bonds. The lowest BCUT2D eigenvalue weighted by Gasteiger charge is -2.36. The minimum Gasteiger partial charge on any atom is -0.478 e. The van der Waals surface area contributed by atoms with E-state index < -0.39 is 5.97 Å². The van der Waals surface area contributed by atoms with Crippen LogP contribution >= 0.6 is 0 Å². The summed E-state index contributed by atoms with van der Waals surface area (Å²) >= 11 is 0. The van der Waals surface area contributed by atoms with Crippen LogP contribution in [0.1, 0.15) is 35.0 Å². The van der Waals surface area contributed by atoms with Crippen molar-refractivity contribution < 1.29 is 14.3 Å². The molecule has 4 heteroatoms. The SMILES string of the molecule is CC1CCc2ccccc2N1Cc1occc1C(=O)O. The van der Waals surface area contributed by atoms with E-state index >= 15 is 0 Å². The number of aryl methyl sites for hydroxylation is 1. The molecule has 1 aliphatic rings. The second kappa shape index (κ2) is 5.04. The standard InChI is InChI=1S/C16H17NO3/c1-11-6-7-12-4-2-3-5-14(12)17(11)10-15-13(16(18)19)8-9-20-15/h2-5,8-9,11H,6-7,10H2,1H3,(H,18,19). The molecule has 1 atom stereocenters. The van der Waals surface area contributed by atoms with Crippen molar-refractivity contribution in [3.8, 4) is 0 Å². The van der Waals surface area contributed by atoms with E-state index in [1.54, 1.807) is 0 Å². The number of hydrogen-bond acceptors (Lipinski definition) is 3. The van der Waals surface area contributed by atoms with E-state index in [-0.39, 0.29) is 5.56 Å². The summed E-state index contributed by atoms with van der Waals surface area (Å²) in [6, 6.07) is 10.2. The Hall–Kier alpha value is -2.23. The van der Waals surface area contributed by atoms with Gasteiger partial charge in [0.2, 0.25) is 0 Å². The lowest BCUT2D eigenvalue weighted by molar-refractivity contribution is 0.0694. The average Bonchev–Trinajstić information content (AvgIpc) is 2.90. The Labute approximate surface area is 117 Å². The number of nitrogens with zero attached hydrogens (tertiary/aromatic N) is 1. The van der Waals surface area contributed by atoms with Gasteiger partial charge >= 0.3 is 5.97 Å². The number of hydrogen-bond donors (Lipinski definition) is 1. The molecule has 0 saturated carbocycles. The number of carboxylic acid groups (broad SMARTS) is 1. The molecule has 0 spiro atoms. The summed E-state index contributed by atoms with van der Waals surface area (Å²) in [4.78, 5) is 13.4. The molecule has 2 aromatic rings. The molecule has 104 valence electrons. The van der Waals surface area contributed by atoms with Crippen LogP contribution in [-0.2, 0) is 13.0 Å². The van der Waals surface area contributed by atoms with Crippen LogP contribution in [0.5, 0.6) is 0 Å². The first kappa shape index (κ1) is 12.8. The third-order valence-corrected chi connectivity index (χ3v) is 3.95. The van der Waals surface area contributed by atoms with Crippen molar-refractivity contribution in [1.82, 2.24) is 0 Å². The highest BCUT2D eigenvalue weighted by Crippen LogP contribution is 2.32. The molecular formula is C16H17NO3. The van der Waals surface area contributed by atoms with Crippen LogP contribution in [0.3, 0.4) is 0 Å². The molecule has 0 saturated heterocycles. The molecule has 2 heterocycles. The van der Waals surface area contributed by atoms with Gasteiger partial charge in [0.1, 0.15) is 11.3 Å². The zero-order chi connectivity index (χ0) is 14.1. The molecule has 1 unspecified atom stereocenters. The van der Waals surface area contributed by atoms with Crippen LogP contribution in [0.15, 0.2) is 41.0 Å². The molecule has 0 fully saturated rings. The van der Waals surface area contributed by atoms with E-state index in [9.17, 15) is 4.79 Å². The molecule has 3 rings (SSSR count). The van der Waals surface area contributed by atoms with Crippen molar-refractivity contribution in [2.45, 2.75) is 32.4 Å². The van der Waals surface area contributed by atoms with Crippen molar-refractivity contribution in [2.75, 3.05) is 4.90 Å². The number of para-hydroxylation sites is 1. The van der Waals surface area contributed by atoms with E-state index in [4.69, 9.17) is 9.52 Å². The Kier molecular flexibility index (Phi) is 3.22. The van der Waals surface area contributed by atoms with Gasteiger partial charge in [0.05, 0.1) is 12.8 Å². The maximum absolute atomic E-state index is 11.2. The molecule has 1 N–H and O–H groups in total. The summed E-state index contributed by atoms with van der Waals surface area (Å²) in [5, 5.41) is 9.17. The molecule has 1 aliphatic heterocycles. The number of furan rings is 1. The third-order valence-electron chi connectivity index (χ3n) is 3.95. The lowest BCUT2D eigenvalue weighted by atomic mass is 9.96. The van der Waals surface area contributed by atoms with Gasteiger partial charge in [0, 0.05) is 11.7 Å². The minimum absolute atomic E-state index is 0.250. The van der Waals surface area contributed by atoms with Gasteiger partial charge in [-0.05, 0) is 37.5 Å². The van der Waals surface area contributed by atoms with Crippen LogP contribution in [0.2, 0.25) is 0 Å². The molecule has 4 nitrogen and oxygen atoms in total. The van der Waals surface area contributed by atoms with Crippen LogP contribution in [0, 0.1) is 0 Å². The van der Waals surface area contributed by atoms with Crippen molar-refractivity contribution in [1.29, 1.82) is 0 Å². The second-order valence-electron chi connectivity index (χ2n) is 5.21. The number of rotatable bonds is 3. The fourth-order valence-corrected chi connectivity index (χ4v) is 2.81. The highest BCUT2D eigenvalue weighted by molar-refractivity contribution is 5.88. The fourth-order valence-electron chi connectivity index (χ4n) is 2.81. The molecule has 1 aromatic carbocycles. The van der Waals surface area contributed by atoms with Crippen molar-refractivity contribution in [3.05, 3.63) is 53.5 Å². The van der Waals surface area contributed by atoms with Gasteiger partial charge in [0.15, 0.2) is 0 Å². The zero-order valence-electron chi connectivity index (χ0n) is 11.4. The van der Waals surface area contributed by atoms with Crippen molar-refractivity contribution in [2.24, 2.45) is 0 Å². The van der Waals surface area contributed by atoms with Gasteiger partial charge in [-0.2, -0.15) is 0 Å². The summed E-state index contributed by atoms with van der Waals surface area (Å²) in [5.74, 6) is -0.423. The van der Waals surface area contributed by atoms with Gasteiger partial charge < -0.3 is 14.4 Å².